The third-order valence-electron chi connectivity index (χ3n) is 3.69. The largest absolute Gasteiger partial charge is 0.378 e. The van der Waals surface area contributed by atoms with Crippen LogP contribution in [-0.4, -0.2) is 53.8 Å². The number of hydrogen-bond acceptors (Lipinski definition) is 7. The number of hydrogen-bond donors (Lipinski definition) is 2. The standard InChI is InChI=1S/C13H22N6O/c1-2-14-11-16-12(15-10-4-3-5-10)18-13(17-11)19-6-8-20-9-7-19/h10H,2-9H2,1H3,(H2,14,15,16,17,18). The summed E-state index contributed by atoms with van der Waals surface area (Å²) >= 11 is 0. The zero-order chi connectivity index (χ0) is 13.8. The molecule has 7 heteroatoms. The molecule has 2 N–H and O–H groups in total. The van der Waals surface area contributed by atoms with Crippen LogP contribution in [0.3, 0.4) is 0 Å². The van der Waals surface area contributed by atoms with Crippen molar-refractivity contribution in [1.82, 2.24) is 15.0 Å². The van der Waals surface area contributed by atoms with Gasteiger partial charge in [-0.25, -0.2) is 0 Å². The van der Waals surface area contributed by atoms with Gasteiger partial charge in [0.15, 0.2) is 0 Å². The van der Waals surface area contributed by atoms with Gasteiger partial charge in [0.2, 0.25) is 17.8 Å². The van der Waals surface area contributed by atoms with Crippen LogP contribution < -0.4 is 15.5 Å². The molecule has 1 aromatic heterocycles. The summed E-state index contributed by atoms with van der Waals surface area (Å²) in [5.41, 5.74) is 0. The Balaban J connectivity index is 1.78. The average Bonchev–Trinajstić information content (AvgIpc) is 2.44. The molecule has 1 saturated carbocycles. The first kappa shape index (κ1) is 13.4. The Hall–Kier alpha value is -1.63. The summed E-state index contributed by atoms with van der Waals surface area (Å²) in [4.78, 5) is 15.6. The molecule has 20 heavy (non-hydrogen) atoms. The van der Waals surface area contributed by atoms with Crippen LogP contribution in [-0.2, 0) is 4.74 Å². The van der Waals surface area contributed by atoms with Crippen molar-refractivity contribution in [2.45, 2.75) is 32.2 Å². The van der Waals surface area contributed by atoms with Gasteiger partial charge in [-0.3, -0.25) is 0 Å². The van der Waals surface area contributed by atoms with E-state index in [-0.39, 0.29) is 0 Å². The van der Waals surface area contributed by atoms with Crippen LogP contribution in [0, 0.1) is 0 Å². The molecule has 7 nitrogen and oxygen atoms in total. The number of aromatic nitrogens is 3. The highest BCUT2D eigenvalue weighted by Crippen LogP contribution is 2.23. The summed E-state index contributed by atoms with van der Waals surface area (Å²) < 4.78 is 5.38. The van der Waals surface area contributed by atoms with Gasteiger partial charge in [0.1, 0.15) is 0 Å². The van der Waals surface area contributed by atoms with Crippen LogP contribution in [0.4, 0.5) is 17.8 Å². The Morgan fingerprint density at radius 1 is 1.15 bits per heavy atom. The van der Waals surface area contributed by atoms with Crippen molar-refractivity contribution in [2.24, 2.45) is 0 Å². The Labute approximate surface area is 119 Å². The van der Waals surface area contributed by atoms with Gasteiger partial charge in [-0.15, -0.1) is 0 Å². The predicted molar refractivity (Wildman–Crippen MR) is 78.3 cm³/mol. The Morgan fingerprint density at radius 2 is 1.90 bits per heavy atom. The van der Waals surface area contributed by atoms with Crippen molar-refractivity contribution in [3.05, 3.63) is 0 Å². The Morgan fingerprint density at radius 3 is 2.55 bits per heavy atom. The van der Waals surface area contributed by atoms with E-state index in [1.807, 2.05) is 6.92 Å². The van der Waals surface area contributed by atoms with Crippen molar-refractivity contribution >= 4 is 17.8 Å². The summed E-state index contributed by atoms with van der Waals surface area (Å²) in [7, 11) is 0. The molecule has 1 aromatic rings. The van der Waals surface area contributed by atoms with Crippen LogP contribution in [0.2, 0.25) is 0 Å². The molecule has 110 valence electrons. The van der Waals surface area contributed by atoms with Crippen LogP contribution in [0.1, 0.15) is 26.2 Å². The molecular weight excluding hydrogens is 256 g/mol. The molecule has 1 aliphatic heterocycles. The smallest absolute Gasteiger partial charge is 0.232 e. The molecule has 2 heterocycles. The van der Waals surface area contributed by atoms with Crippen LogP contribution in [0.5, 0.6) is 0 Å². The van der Waals surface area contributed by atoms with E-state index in [0.717, 1.165) is 38.8 Å². The van der Waals surface area contributed by atoms with E-state index >= 15 is 0 Å². The van der Waals surface area contributed by atoms with Gasteiger partial charge in [0.05, 0.1) is 13.2 Å². The number of nitrogens with one attached hydrogen (secondary N) is 2. The zero-order valence-corrected chi connectivity index (χ0v) is 11.9. The van der Waals surface area contributed by atoms with Crippen molar-refractivity contribution in [3.63, 3.8) is 0 Å². The Bertz CT molecular complexity index is 444. The van der Waals surface area contributed by atoms with Crippen molar-refractivity contribution < 1.29 is 4.74 Å². The second kappa shape index (κ2) is 6.21. The fraction of sp³-hybridized carbons (Fsp3) is 0.769. The van der Waals surface area contributed by atoms with E-state index in [0.29, 0.717) is 17.9 Å². The van der Waals surface area contributed by atoms with E-state index in [1.165, 1.54) is 19.3 Å². The second-order valence-corrected chi connectivity index (χ2v) is 5.18. The zero-order valence-electron chi connectivity index (χ0n) is 11.9. The molecule has 0 radical (unpaired) electrons. The maximum absolute atomic E-state index is 5.38. The van der Waals surface area contributed by atoms with Gasteiger partial charge in [-0.1, -0.05) is 0 Å². The highest BCUT2D eigenvalue weighted by molar-refractivity contribution is 5.44. The lowest BCUT2D eigenvalue weighted by Gasteiger charge is -2.29. The lowest BCUT2D eigenvalue weighted by atomic mass is 9.93. The van der Waals surface area contributed by atoms with Crippen molar-refractivity contribution in [2.75, 3.05) is 48.4 Å². The predicted octanol–water partition coefficient (Wildman–Crippen LogP) is 1.10. The van der Waals surface area contributed by atoms with Gasteiger partial charge >= 0.3 is 0 Å². The minimum atomic E-state index is 0.518. The lowest BCUT2D eigenvalue weighted by Crippen LogP contribution is -2.38. The minimum absolute atomic E-state index is 0.518. The van der Waals surface area contributed by atoms with Crippen LogP contribution >= 0.6 is 0 Å². The van der Waals surface area contributed by atoms with Gasteiger partial charge in [0.25, 0.3) is 0 Å². The maximum Gasteiger partial charge on any atom is 0.232 e. The molecule has 2 fully saturated rings. The first-order valence-corrected chi connectivity index (χ1v) is 7.44. The first-order valence-electron chi connectivity index (χ1n) is 7.44. The van der Waals surface area contributed by atoms with Gasteiger partial charge in [-0.2, -0.15) is 15.0 Å². The van der Waals surface area contributed by atoms with E-state index < -0.39 is 0 Å². The highest BCUT2D eigenvalue weighted by atomic mass is 16.5. The highest BCUT2D eigenvalue weighted by Gasteiger charge is 2.20. The third kappa shape index (κ3) is 3.09. The molecule has 0 unspecified atom stereocenters. The van der Waals surface area contributed by atoms with Gasteiger partial charge < -0.3 is 20.3 Å². The maximum atomic E-state index is 5.38. The molecule has 3 rings (SSSR count). The average molecular weight is 278 g/mol. The minimum Gasteiger partial charge on any atom is -0.378 e. The van der Waals surface area contributed by atoms with E-state index in [4.69, 9.17) is 4.74 Å². The summed E-state index contributed by atoms with van der Waals surface area (Å²) in [5.74, 6) is 2.06. The lowest BCUT2D eigenvalue weighted by molar-refractivity contribution is 0.122. The number of anilines is 3. The van der Waals surface area contributed by atoms with Crippen molar-refractivity contribution in [1.29, 1.82) is 0 Å². The Kier molecular flexibility index (Phi) is 4.15. The quantitative estimate of drug-likeness (QED) is 0.835. The number of nitrogens with zero attached hydrogens (tertiary/aromatic N) is 4. The molecule has 0 aromatic carbocycles. The molecule has 1 saturated heterocycles. The summed E-state index contributed by atoms with van der Waals surface area (Å²) in [6, 6.07) is 0.518. The number of morpholine rings is 1. The molecule has 0 bridgehead atoms. The van der Waals surface area contributed by atoms with Gasteiger partial charge in [-0.05, 0) is 26.2 Å². The number of ether oxygens (including phenoxy) is 1. The molecule has 1 aliphatic carbocycles. The first-order chi connectivity index (χ1) is 9.85. The van der Waals surface area contributed by atoms with Crippen LogP contribution in [0.25, 0.3) is 0 Å². The van der Waals surface area contributed by atoms with Crippen molar-refractivity contribution in [3.8, 4) is 0 Å². The fourth-order valence-corrected chi connectivity index (χ4v) is 2.31. The fourth-order valence-electron chi connectivity index (χ4n) is 2.31. The van der Waals surface area contributed by atoms with Gasteiger partial charge in [0, 0.05) is 25.7 Å². The SMILES string of the molecule is CCNc1nc(NC2CCC2)nc(N2CCOCC2)n1. The molecule has 0 spiro atoms. The van der Waals surface area contributed by atoms with Crippen LogP contribution in [0.15, 0.2) is 0 Å². The normalized spacial score (nSPS) is 19.6. The topological polar surface area (TPSA) is 75.2 Å². The third-order valence-corrected chi connectivity index (χ3v) is 3.69. The monoisotopic (exact) mass is 278 g/mol. The molecular formula is C13H22N6O. The number of rotatable bonds is 5. The van der Waals surface area contributed by atoms with E-state index in [2.05, 4.69) is 30.5 Å². The molecule has 2 aliphatic rings. The second-order valence-electron chi connectivity index (χ2n) is 5.18. The summed E-state index contributed by atoms with van der Waals surface area (Å²) in [5, 5.41) is 6.57. The van der Waals surface area contributed by atoms with E-state index in [9.17, 15) is 0 Å². The summed E-state index contributed by atoms with van der Waals surface area (Å²) in [6.07, 6.45) is 3.70. The molecule has 0 atom stereocenters. The molecule has 0 amide bonds. The van der Waals surface area contributed by atoms with E-state index in [1.54, 1.807) is 0 Å². The summed E-state index contributed by atoms with van der Waals surface area (Å²) in [6.45, 7) is 5.96.